The molecule has 1 aromatic carbocycles. The second-order valence-electron chi connectivity index (χ2n) is 7.51. The zero-order chi connectivity index (χ0) is 19.4. The van der Waals surface area contributed by atoms with Crippen molar-refractivity contribution < 1.29 is 14.3 Å². The summed E-state index contributed by atoms with van der Waals surface area (Å²) < 4.78 is 11.7. The van der Waals surface area contributed by atoms with E-state index < -0.39 is 0 Å². The molecule has 1 fully saturated rings. The van der Waals surface area contributed by atoms with Crippen LogP contribution in [0.2, 0.25) is 0 Å². The minimum atomic E-state index is 0.0437. The van der Waals surface area contributed by atoms with Crippen molar-refractivity contribution >= 4 is 12.0 Å². The highest BCUT2D eigenvalue weighted by Gasteiger charge is 2.24. The van der Waals surface area contributed by atoms with E-state index in [1.807, 2.05) is 31.0 Å². The number of rotatable bonds is 6. The maximum atomic E-state index is 12.7. The molecule has 1 amide bonds. The van der Waals surface area contributed by atoms with E-state index in [9.17, 15) is 4.79 Å². The number of carbonyl (C=O) groups excluding carboxylic acids is 1. The van der Waals surface area contributed by atoms with Gasteiger partial charge in [-0.25, -0.2) is 0 Å². The summed E-state index contributed by atoms with van der Waals surface area (Å²) in [5.41, 5.74) is 2.07. The fraction of sp³-hybridized carbons (Fsp3) is 0.591. The molecule has 0 aliphatic carbocycles. The molecule has 0 aromatic heterocycles. The molecule has 5 nitrogen and oxygen atoms in total. The highest BCUT2D eigenvalue weighted by molar-refractivity contribution is 5.92. The first-order valence-electron chi connectivity index (χ1n) is 10.1. The molecule has 0 N–H and O–H groups in total. The predicted octanol–water partition coefficient (Wildman–Crippen LogP) is 3.36. The monoisotopic (exact) mass is 372 g/mol. The number of fused-ring (bicyclic) bond motifs is 1. The summed E-state index contributed by atoms with van der Waals surface area (Å²) in [6.07, 6.45) is 6.69. The number of amides is 1. The third-order valence-corrected chi connectivity index (χ3v) is 5.63. The van der Waals surface area contributed by atoms with Crippen LogP contribution in [-0.4, -0.2) is 61.1 Å². The number of hydrogen-bond donors (Lipinski definition) is 0. The van der Waals surface area contributed by atoms with Gasteiger partial charge in [-0.05, 0) is 51.4 Å². The van der Waals surface area contributed by atoms with Gasteiger partial charge in [0.2, 0.25) is 5.91 Å². The lowest BCUT2D eigenvalue weighted by Crippen LogP contribution is -2.45. The molecule has 5 heteroatoms. The average molecular weight is 373 g/mol. The Morgan fingerprint density at radius 1 is 1.33 bits per heavy atom. The van der Waals surface area contributed by atoms with Crippen LogP contribution >= 0.6 is 0 Å². The maximum Gasteiger partial charge on any atom is 0.246 e. The number of carbonyl (C=O) groups is 1. The van der Waals surface area contributed by atoms with Gasteiger partial charge in [0.25, 0.3) is 0 Å². The van der Waals surface area contributed by atoms with Crippen LogP contribution < -0.4 is 9.47 Å². The van der Waals surface area contributed by atoms with Gasteiger partial charge >= 0.3 is 0 Å². The quantitative estimate of drug-likeness (QED) is 0.718. The highest BCUT2D eigenvalue weighted by Crippen LogP contribution is 2.35. The van der Waals surface area contributed by atoms with Crippen LogP contribution in [0.1, 0.15) is 44.7 Å². The predicted molar refractivity (Wildman–Crippen MR) is 108 cm³/mol. The Kier molecular flexibility index (Phi) is 6.42. The van der Waals surface area contributed by atoms with Crippen molar-refractivity contribution in [2.45, 2.75) is 52.2 Å². The van der Waals surface area contributed by atoms with Gasteiger partial charge in [0.15, 0.2) is 0 Å². The third-order valence-electron chi connectivity index (χ3n) is 5.63. The van der Waals surface area contributed by atoms with Gasteiger partial charge in [-0.1, -0.05) is 6.92 Å². The van der Waals surface area contributed by atoms with Crippen LogP contribution in [0, 0.1) is 0 Å². The van der Waals surface area contributed by atoms with Gasteiger partial charge < -0.3 is 19.3 Å². The first-order valence-corrected chi connectivity index (χ1v) is 10.1. The van der Waals surface area contributed by atoms with Crippen molar-refractivity contribution in [2.75, 3.05) is 33.3 Å². The number of piperidine rings is 1. The van der Waals surface area contributed by atoms with E-state index in [0.29, 0.717) is 12.6 Å². The van der Waals surface area contributed by atoms with Gasteiger partial charge in [0.05, 0.1) is 6.61 Å². The van der Waals surface area contributed by atoms with Crippen LogP contribution in [0.5, 0.6) is 11.5 Å². The number of likely N-dealkylation sites (tertiary alicyclic amines) is 1. The fourth-order valence-corrected chi connectivity index (χ4v) is 3.95. The molecule has 148 valence electrons. The van der Waals surface area contributed by atoms with Crippen molar-refractivity contribution in [1.82, 2.24) is 9.80 Å². The molecule has 27 heavy (non-hydrogen) atoms. The average Bonchev–Trinajstić information content (AvgIpc) is 3.04. The zero-order valence-corrected chi connectivity index (χ0v) is 17.0. The van der Waals surface area contributed by atoms with E-state index in [1.54, 1.807) is 6.08 Å². The van der Waals surface area contributed by atoms with Crippen molar-refractivity contribution in [1.29, 1.82) is 0 Å². The summed E-state index contributed by atoms with van der Waals surface area (Å²) in [6.45, 7) is 10.0. The Hall–Kier alpha value is -2.01. The van der Waals surface area contributed by atoms with Gasteiger partial charge in [0, 0.05) is 49.8 Å². The fourth-order valence-electron chi connectivity index (χ4n) is 3.95. The first kappa shape index (κ1) is 19.7. The van der Waals surface area contributed by atoms with Gasteiger partial charge in [0.1, 0.15) is 17.6 Å². The smallest absolute Gasteiger partial charge is 0.246 e. The number of likely N-dealkylation sites (N-methyl/N-ethyl adjacent to an activating group) is 1. The van der Waals surface area contributed by atoms with Crippen molar-refractivity contribution in [3.63, 3.8) is 0 Å². The zero-order valence-electron chi connectivity index (χ0n) is 17.0. The third kappa shape index (κ3) is 4.64. The molecule has 3 rings (SSSR count). The van der Waals surface area contributed by atoms with Crippen LogP contribution in [0.15, 0.2) is 18.2 Å². The standard InChI is InChI=1S/C22H32N2O3/c1-5-24-11-9-19(10-12-24)23(4)22(25)8-7-17-14-21-18(13-16(3)27-21)15-20(17)26-6-2/h7-8,14-16,19H,5-6,9-13H2,1-4H3/b8-7+. The molecular weight excluding hydrogens is 340 g/mol. The van der Waals surface area contributed by atoms with Crippen molar-refractivity contribution in [3.8, 4) is 11.5 Å². The second-order valence-corrected chi connectivity index (χ2v) is 7.51. The molecule has 0 saturated carbocycles. The van der Waals surface area contributed by atoms with Gasteiger partial charge in [-0.2, -0.15) is 0 Å². The summed E-state index contributed by atoms with van der Waals surface area (Å²) in [5.74, 6) is 1.76. The summed E-state index contributed by atoms with van der Waals surface area (Å²) in [6, 6.07) is 4.37. The van der Waals surface area contributed by atoms with E-state index in [0.717, 1.165) is 56.0 Å². The molecule has 0 radical (unpaired) electrons. The minimum absolute atomic E-state index is 0.0437. The summed E-state index contributed by atoms with van der Waals surface area (Å²) in [4.78, 5) is 17.0. The van der Waals surface area contributed by atoms with E-state index in [1.165, 1.54) is 5.56 Å². The van der Waals surface area contributed by atoms with Crippen LogP contribution in [0.25, 0.3) is 6.08 Å². The second kappa shape index (κ2) is 8.79. The largest absolute Gasteiger partial charge is 0.493 e. The lowest BCUT2D eigenvalue weighted by atomic mass is 10.0. The van der Waals surface area contributed by atoms with E-state index in [4.69, 9.17) is 9.47 Å². The lowest BCUT2D eigenvalue weighted by molar-refractivity contribution is -0.127. The Morgan fingerprint density at radius 3 is 2.74 bits per heavy atom. The van der Waals surface area contributed by atoms with E-state index >= 15 is 0 Å². The Balaban J connectivity index is 1.69. The Bertz CT molecular complexity index is 693. The maximum absolute atomic E-state index is 12.7. The SMILES string of the molecule is CCOc1cc2c(cc1/C=C/C(=O)N(C)C1CCN(CC)CC1)OC(C)C2. The van der Waals surface area contributed by atoms with Gasteiger partial charge in [-0.15, -0.1) is 0 Å². The molecule has 1 unspecified atom stereocenters. The van der Waals surface area contributed by atoms with Crippen LogP contribution in [-0.2, 0) is 11.2 Å². The summed E-state index contributed by atoms with van der Waals surface area (Å²) >= 11 is 0. The molecule has 2 heterocycles. The molecule has 1 aromatic rings. The highest BCUT2D eigenvalue weighted by atomic mass is 16.5. The Morgan fingerprint density at radius 2 is 2.07 bits per heavy atom. The van der Waals surface area contributed by atoms with Crippen molar-refractivity contribution in [2.24, 2.45) is 0 Å². The van der Waals surface area contributed by atoms with Crippen LogP contribution in [0.4, 0.5) is 0 Å². The topological polar surface area (TPSA) is 42.0 Å². The van der Waals surface area contributed by atoms with E-state index in [-0.39, 0.29) is 12.0 Å². The normalized spacial score (nSPS) is 20.5. The molecule has 2 aliphatic heterocycles. The molecule has 1 saturated heterocycles. The number of ether oxygens (including phenoxy) is 2. The summed E-state index contributed by atoms with van der Waals surface area (Å²) in [7, 11) is 1.91. The number of benzene rings is 1. The first-order chi connectivity index (χ1) is 13.0. The lowest BCUT2D eigenvalue weighted by Gasteiger charge is -2.35. The molecule has 2 aliphatic rings. The molecular formula is C22H32N2O3. The molecule has 0 bridgehead atoms. The van der Waals surface area contributed by atoms with Crippen LogP contribution in [0.3, 0.4) is 0 Å². The van der Waals surface area contributed by atoms with Gasteiger partial charge in [-0.3, -0.25) is 4.79 Å². The molecule has 0 spiro atoms. The minimum Gasteiger partial charge on any atom is -0.493 e. The van der Waals surface area contributed by atoms with Crippen molar-refractivity contribution in [3.05, 3.63) is 29.3 Å². The molecule has 1 atom stereocenters. The number of hydrogen-bond acceptors (Lipinski definition) is 4. The Labute approximate surface area is 162 Å². The van der Waals surface area contributed by atoms with E-state index in [2.05, 4.69) is 24.8 Å². The number of nitrogens with zero attached hydrogens (tertiary/aromatic N) is 2. The summed E-state index contributed by atoms with van der Waals surface area (Å²) in [5, 5.41) is 0.